The Morgan fingerprint density at radius 1 is 0.467 bits per heavy atom. The first-order chi connectivity index (χ1) is 41.8. The number of nitrogen functional groups attached to an aromatic ring is 1. The minimum Gasteiger partial charge on any atom is -0.399 e. The Morgan fingerprint density at radius 2 is 0.789 bits per heavy atom. The number of rotatable bonds is 5. The Kier molecular flexibility index (Phi) is 52.4. The van der Waals surface area contributed by atoms with E-state index in [2.05, 4.69) is 82.9 Å². The Hall–Kier alpha value is -8.84. The minimum absolute atomic E-state index is 0. The number of nitrogens with zero attached hydrogens (tertiary/aromatic N) is 7. The zero-order valence-electron chi connectivity index (χ0n) is 56.5. The standard InChI is InChI=1S/C12H15NO2Si.C9H8N2O2.C9H10N2.C7H6BrNO2.C7H7NO2.C6H4FNO2.C5H10Si.6C2H6.CH4/c1-10-5-6-12(13(14)15)9-11(10)7-8-16(2,3)4;1-10-5-4-7-6-8(11(12)13)2-3-9(7)10;1-11-5-4-7-6-8(10)2-3-9(7)11;1-5-2-3-6(9(10)11)4-7(5)8;1-6-2-4-7(5-3-6)8(9)10;7-5-1-3-6(4-2-5)8(9)10;1-5-6(2,3)4;6*1-2;/h5-6,9H,1-4H3;2-6H,1H3;2-6H,10H2,1H3;2-4H,1H3;2-5H,1H3;1-4H;1H,2-4H3;6*1-2H3;1H4. The summed E-state index contributed by atoms with van der Waals surface area (Å²) in [6, 6.07) is 35.0. The molecule has 8 rings (SSSR count). The maximum absolute atomic E-state index is 12.1. The summed E-state index contributed by atoms with van der Waals surface area (Å²) in [6.45, 7) is 42.6. The van der Waals surface area contributed by atoms with Gasteiger partial charge in [0.2, 0.25) is 0 Å². The third kappa shape index (κ3) is 39.9. The monoisotopic (exact) mass is 1340 g/mol. The number of nitro benzene ring substituents is 5. The predicted molar refractivity (Wildman–Crippen MR) is 388 cm³/mol. The van der Waals surface area contributed by atoms with Crippen LogP contribution in [0.3, 0.4) is 0 Å². The summed E-state index contributed by atoms with van der Waals surface area (Å²) in [5.74, 6) is 2.59. The molecule has 2 heterocycles. The molecule has 0 fully saturated rings. The normalized spacial score (nSPS) is 9.02. The van der Waals surface area contributed by atoms with Gasteiger partial charge in [0.25, 0.3) is 28.4 Å². The molecule has 0 unspecified atom stereocenters. The van der Waals surface area contributed by atoms with Gasteiger partial charge in [-0.05, 0) is 80.4 Å². The van der Waals surface area contributed by atoms with Crippen LogP contribution in [-0.4, -0.2) is 49.9 Å². The zero-order valence-corrected chi connectivity index (χ0v) is 60.1. The van der Waals surface area contributed by atoms with Crippen LogP contribution >= 0.6 is 15.9 Å². The molecule has 22 heteroatoms. The Morgan fingerprint density at radius 3 is 1.16 bits per heavy atom. The molecule has 8 aromatic rings. The van der Waals surface area contributed by atoms with Crippen LogP contribution in [0.5, 0.6) is 0 Å². The predicted octanol–water partition coefficient (Wildman–Crippen LogP) is 21.6. The van der Waals surface area contributed by atoms with E-state index >= 15 is 0 Å². The molecule has 0 saturated heterocycles. The Labute approximate surface area is 546 Å². The molecule has 0 spiro atoms. The van der Waals surface area contributed by atoms with Crippen molar-refractivity contribution in [3.63, 3.8) is 0 Å². The van der Waals surface area contributed by atoms with Gasteiger partial charge in [-0.1, -0.05) is 181 Å². The number of benzene rings is 6. The van der Waals surface area contributed by atoms with Gasteiger partial charge in [0.15, 0.2) is 0 Å². The lowest BCUT2D eigenvalue weighted by molar-refractivity contribution is -0.385. The quantitative estimate of drug-likeness (QED) is 0.0557. The van der Waals surface area contributed by atoms with Gasteiger partial charge < -0.3 is 14.9 Å². The van der Waals surface area contributed by atoms with Crippen LogP contribution in [0.25, 0.3) is 21.8 Å². The number of hydrogen-bond donors (Lipinski definition) is 1. The molecule has 494 valence electrons. The summed E-state index contributed by atoms with van der Waals surface area (Å²) >= 11 is 3.21. The van der Waals surface area contributed by atoms with E-state index in [9.17, 15) is 55.0 Å². The molecule has 0 aliphatic carbocycles. The lowest BCUT2D eigenvalue weighted by Gasteiger charge is -2.04. The lowest BCUT2D eigenvalue weighted by atomic mass is 10.1. The molecule has 0 aliphatic rings. The molecular weight excluding hydrogens is 1240 g/mol. The molecule has 2 N–H and O–H groups in total. The van der Waals surface area contributed by atoms with Gasteiger partial charge in [-0.2, -0.15) is 0 Å². The first-order valence-electron chi connectivity index (χ1n) is 29.1. The van der Waals surface area contributed by atoms with Gasteiger partial charge in [-0.3, -0.25) is 50.6 Å². The van der Waals surface area contributed by atoms with Gasteiger partial charge in [-0.25, -0.2) is 4.39 Å². The highest BCUT2D eigenvalue weighted by Crippen LogP contribution is 2.23. The van der Waals surface area contributed by atoms with Crippen LogP contribution in [0.4, 0.5) is 38.5 Å². The maximum atomic E-state index is 12.1. The fourth-order valence-electron chi connectivity index (χ4n) is 5.72. The van der Waals surface area contributed by atoms with Gasteiger partial charge >= 0.3 is 0 Å². The molecule has 0 bridgehead atoms. The van der Waals surface area contributed by atoms with Crippen molar-refractivity contribution in [2.75, 3.05) is 5.73 Å². The molecule has 0 atom stereocenters. The fourth-order valence-corrected chi connectivity index (χ4v) is 6.60. The van der Waals surface area contributed by atoms with Crippen LogP contribution in [-0.2, 0) is 14.1 Å². The molecule has 18 nitrogen and oxygen atoms in total. The van der Waals surface area contributed by atoms with E-state index in [0.717, 1.165) is 67.6 Å². The number of non-ortho nitro benzene ring substituents is 5. The summed E-state index contributed by atoms with van der Waals surface area (Å²) in [4.78, 5) is 49.3. The maximum Gasteiger partial charge on any atom is 0.270 e. The highest BCUT2D eigenvalue weighted by atomic mass is 79.9. The van der Waals surface area contributed by atoms with E-state index in [1.54, 1.807) is 42.5 Å². The van der Waals surface area contributed by atoms with Crippen molar-refractivity contribution in [3.8, 4) is 23.4 Å². The molecule has 0 amide bonds. The van der Waals surface area contributed by atoms with Crippen molar-refractivity contribution in [1.29, 1.82) is 0 Å². The first-order valence-corrected chi connectivity index (χ1v) is 36.9. The van der Waals surface area contributed by atoms with Crippen LogP contribution in [0, 0.1) is 101 Å². The van der Waals surface area contributed by atoms with E-state index in [1.165, 1.54) is 47.3 Å². The minimum atomic E-state index is -1.44. The number of nitro groups is 5. The Balaban J connectivity index is -0.000000224. The van der Waals surface area contributed by atoms with Gasteiger partial charge in [-0.15, -0.1) is 17.5 Å². The van der Waals surface area contributed by atoms with Crippen molar-refractivity contribution < 1.29 is 29.0 Å². The van der Waals surface area contributed by atoms with Gasteiger partial charge in [0.05, 0.1) is 24.6 Å². The second-order valence-corrected chi connectivity index (χ2v) is 29.2. The van der Waals surface area contributed by atoms with Crippen molar-refractivity contribution >= 4 is 88.0 Å². The average molecular weight is 1340 g/mol. The number of nitrogens with two attached hydrogens (primary N) is 1. The van der Waals surface area contributed by atoms with Gasteiger partial charge in [0, 0.05) is 125 Å². The van der Waals surface area contributed by atoms with E-state index in [1.807, 2.05) is 159 Å². The third-order valence-electron chi connectivity index (χ3n) is 10.1. The summed E-state index contributed by atoms with van der Waals surface area (Å²) in [5.41, 5.74) is 18.8. The fraction of sp³-hybridized carbons (Fsp3) is 0.353. The van der Waals surface area contributed by atoms with Crippen LogP contribution in [0.15, 0.2) is 150 Å². The van der Waals surface area contributed by atoms with Crippen molar-refractivity contribution in [3.05, 3.63) is 229 Å². The van der Waals surface area contributed by atoms with Crippen molar-refractivity contribution in [1.82, 2.24) is 9.13 Å². The SMILES string of the molecule is C.C#C[Si](C)(C)C.CC.CC.CC.CC.CC.CC.Cc1ccc([N+](=O)[O-])cc1.Cc1ccc([N+](=O)[O-])cc1Br.Cc1ccc([N+](=O)[O-])cc1C#C[Si](C)(C)C.Cn1ccc2cc(N)ccc21.Cn1ccc2cc([N+](=O)[O-])ccc21.O=[N+]([O-])c1ccc(F)cc1. The highest BCUT2D eigenvalue weighted by molar-refractivity contribution is 9.10. The number of halogens is 2. The smallest absolute Gasteiger partial charge is 0.270 e. The summed E-state index contributed by atoms with van der Waals surface area (Å²) in [5, 5.41) is 53.5. The number of terminal acetylenes is 1. The number of aromatic nitrogens is 2. The van der Waals surface area contributed by atoms with Gasteiger partial charge in [0.1, 0.15) is 22.0 Å². The highest BCUT2D eigenvalue weighted by Gasteiger charge is 2.11. The van der Waals surface area contributed by atoms with Crippen LogP contribution in [0.2, 0.25) is 39.3 Å². The molecule has 0 saturated carbocycles. The second-order valence-electron chi connectivity index (χ2n) is 18.8. The summed E-state index contributed by atoms with van der Waals surface area (Å²) in [6.07, 6.45) is 9.03. The number of hydrogen-bond acceptors (Lipinski definition) is 11. The zero-order chi connectivity index (χ0) is 70.4. The van der Waals surface area contributed by atoms with E-state index in [4.69, 9.17) is 12.2 Å². The first kappa shape index (κ1) is 92.3. The van der Waals surface area contributed by atoms with Crippen molar-refractivity contribution in [2.45, 2.75) is 151 Å². The number of fused-ring (bicyclic) bond motifs is 2. The second kappa shape index (κ2) is 51.1. The lowest BCUT2D eigenvalue weighted by Crippen LogP contribution is -2.16. The average Bonchev–Trinajstić information content (AvgIpc) is 4.13. The van der Waals surface area contributed by atoms with E-state index < -0.39 is 36.7 Å². The molecular formula is C68H100BrFN8O10Si2. The van der Waals surface area contributed by atoms with Crippen molar-refractivity contribution in [2.24, 2.45) is 14.1 Å². The topological polar surface area (TPSA) is 252 Å². The van der Waals surface area contributed by atoms with Crippen LogP contribution in [0.1, 0.15) is 113 Å². The van der Waals surface area contributed by atoms with Crippen LogP contribution < -0.4 is 5.73 Å². The molecule has 0 radical (unpaired) electrons. The molecule has 2 aromatic heterocycles. The molecule has 6 aromatic carbocycles. The summed E-state index contributed by atoms with van der Waals surface area (Å²) in [7, 11) is 1.40. The Bertz CT molecular complexity index is 3400. The van der Waals surface area contributed by atoms with E-state index in [0.29, 0.717) is 0 Å². The largest absolute Gasteiger partial charge is 0.399 e. The third-order valence-corrected chi connectivity index (χ3v) is 12.7. The molecule has 90 heavy (non-hydrogen) atoms. The number of anilines is 1. The number of aryl methyl sites for hydroxylation is 5. The summed E-state index contributed by atoms with van der Waals surface area (Å²) < 4.78 is 16.9. The van der Waals surface area contributed by atoms with E-state index in [-0.39, 0.29) is 45.7 Å². The molecule has 0 aliphatic heterocycles.